The van der Waals surface area contributed by atoms with Crippen LogP contribution in [0.3, 0.4) is 0 Å². The lowest BCUT2D eigenvalue weighted by Crippen LogP contribution is -2.23. The number of nitrogens with two attached hydrogens (primary N) is 2. The summed E-state index contributed by atoms with van der Waals surface area (Å²) in [5.74, 6) is 2.35. The lowest BCUT2D eigenvalue weighted by molar-refractivity contribution is 0.524. The number of aliphatic imine (C=N–C) groups is 1. The Hall–Kier alpha value is -1.28. The molecule has 0 bridgehead atoms. The van der Waals surface area contributed by atoms with Crippen LogP contribution in [-0.4, -0.2) is 17.5 Å². The Balaban J connectivity index is 0.00000242. The van der Waals surface area contributed by atoms with E-state index in [0.717, 1.165) is 17.9 Å². The van der Waals surface area contributed by atoms with Crippen LogP contribution in [0.5, 0.6) is 0 Å². The van der Waals surface area contributed by atoms with Crippen LogP contribution in [0, 0.1) is 5.92 Å². The van der Waals surface area contributed by atoms with E-state index in [9.17, 15) is 0 Å². The van der Waals surface area contributed by atoms with Gasteiger partial charge in [-0.2, -0.15) is 0 Å². The molecule has 130 valence electrons. The molecule has 5 N–H and O–H groups in total. The molecule has 0 aliphatic rings. The molecule has 2 aromatic heterocycles. The number of guanidine groups is 1. The summed E-state index contributed by atoms with van der Waals surface area (Å²) in [6.45, 7) is 5.37. The van der Waals surface area contributed by atoms with Crippen LogP contribution >= 0.6 is 36.2 Å². The third kappa shape index (κ3) is 6.39. The SMILES string of the molecule is CCC(C)CN=C(N)Nc1nc(-c2ccc(CN)o2)cs1.Cl.Cl. The van der Waals surface area contributed by atoms with Gasteiger partial charge in [-0.15, -0.1) is 36.2 Å². The third-order valence-corrected chi connectivity index (χ3v) is 3.88. The van der Waals surface area contributed by atoms with Gasteiger partial charge in [-0.3, -0.25) is 4.99 Å². The molecule has 0 radical (unpaired) electrons. The van der Waals surface area contributed by atoms with E-state index in [0.29, 0.717) is 35.9 Å². The number of rotatable bonds is 6. The van der Waals surface area contributed by atoms with E-state index >= 15 is 0 Å². The van der Waals surface area contributed by atoms with Crippen LogP contribution in [-0.2, 0) is 6.54 Å². The minimum Gasteiger partial charge on any atom is -0.458 e. The fourth-order valence-corrected chi connectivity index (χ4v) is 2.31. The predicted octanol–water partition coefficient (Wildman–Crippen LogP) is 3.48. The second-order valence-electron chi connectivity index (χ2n) is 4.87. The summed E-state index contributed by atoms with van der Waals surface area (Å²) in [7, 11) is 0. The fourth-order valence-electron chi connectivity index (χ4n) is 1.60. The highest BCUT2D eigenvalue weighted by Crippen LogP contribution is 2.26. The van der Waals surface area contributed by atoms with E-state index in [-0.39, 0.29) is 24.8 Å². The molecule has 1 atom stereocenters. The van der Waals surface area contributed by atoms with Gasteiger partial charge in [0.05, 0.1) is 6.54 Å². The molecular weight excluding hydrogens is 357 g/mol. The summed E-state index contributed by atoms with van der Waals surface area (Å²) in [6, 6.07) is 3.71. The normalized spacial score (nSPS) is 12.2. The molecule has 0 aromatic carbocycles. The molecule has 2 rings (SSSR count). The van der Waals surface area contributed by atoms with Crippen molar-refractivity contribution in [1.82, 2.24) is 4.98 Å². The van der Waals surface area contributed by atoms with Crippen molar-refractivity contribution in [3.05, 3.63) is 23.3 Å². The number of anilines is 1. The van der Waals surface area contributed by atoms with Gasteiger partial charge in [0.25, 0.3) is 0 Å². The Morgan fingerprint density at radius 2 is 2.17 bits per heavy atom. The van der Waals surface area contributed by atoms with Crippen molar-refractivity contribution in [2.45, 2.75) is 26.8 Å². The Labute approximate surface area is 152 Å². The maximum atomic E-state index is 5.85. The van der Waals surface area contributed by atoms with Crippen LogP contribution in [0.15, 0.2) is 26.9 Å². The zero-order chi connectivity index (χ0) is 15.2. The average Bonchev–Trinajstić information content (AvgIpc) is 3.13. The second kappa shape index (κ2) is 10.5. The van der Waals surface area contributed by atoms with Gasteiger partial charge in [-0.1, -0.05) is 20.3 Å². The largest absolute Gasteiger partial charge is 0.458 e. The van der Waals surface area contributed by atoms with E-state index in [1.54, 1.807) is 0 Å². The summed E-state index contributed by atoms with van der Waals surface area (Å²) in [5, 5.41) is 5.60. The van der Waals surface area contributed by atoms with E-state index < -0.39 is 0 Å². The molecule has 0 spiro atoms. The molecule has 0 aliphatic carbocycles. The first-order chi connectivity index (χ1) is 10.1. The number of halogens is 2. The molecule has 2 aromatic rings. The van der Waals surface area contributed by atoms with Gasteiger partial charge in [0, 0.05) is 11.9 Å². The minimum absolute atomic E-state index is 0. The van der Waals surface area contributed by atoms with Gasteiger partial charge < -0.3 is 21.2 Å². The Morgan fingerprint density at radius 3 is 2.78 bits per heavy atom. The van der Waals surface area contributed by atoms with Gasteiger partial charge in [-0.05, 0) is 18.1 Å². The van der Waals surface area contributed by atoms with Crippen LogP contribution < -0.4 is 16.8 Å². The van der Waals surface area contributed by atoms with E-state index in [1.165, 1.54) is 11.3 Å². The summed E-state index contributed by atoms with van der Waals surface area (Å²) < 4.78 is 5.56. The summed E-state index contributed by atoms with van der Waals surface area (Å²) in [5.41, 5.74) is 12.1. The minimum atomic E-state index is 0. The first-order valence-corrected chi connectivity index (χ1v) is 7.82. The molecule has 9 heteroatoms. The van der Waals surface area contributed by atoms with Gasteiger partial charge >= 0.3 is 0 Å². The standard InChI is InChI=1S/C14H21N5OS.2ClH/c1-3-9(2)7-17-13(16)19-14-18-11(8-21-14)12-5-4-10(6-15)20-12;;/h4-5,8-9H,3,6-7,15H2,1-2H3,(H3,16,17,18,19);2*1H. The van der Waals surface area contributed by atoms with Gasteiger partial charge in [-0.25, -0.2) is 4.98 Å². The highest BCUT2D eigenvalue weighted by molar-refractivity contribution is 7.14. The van der Waals surface area contributed by atoms with Gasteiger partial charge in [0.2, 0.25) is 0 Å². The number of hydrogen-bond donors (Lipinski definition) is 3. The summed E-state index contributed by atoms with van der Waals surface area (Å²) in [4.78, 5) is 8.73. The van der Waals surface area contributed by atoms with Crippen molar-refractivity contribution in [2.75, 3.05) is 11.9 Å². The number of nitrogens with one attached hydrogen (secondary N) is 1. The maximum absolute atomic E-state index is 5.85. The number of aromatic nitrogens is 1. The van der Waals surface area contributed by atoms with Crippen molar-refractivity contribution < 1.29 is 4.42 Å². The van der Waals surface area contributed by atoms with E-state index in [4.69, 9.17) is 15.9 Å². The third-order valence-electron chi connectivity index (χ3n) is 3.12. The molecule has 2 heterocycles. The number of nitrogens with zero attached hydrogens (tertiary/aromatic N) is 2. The summed E-state index contributed by atoms with van der Waals surface area (Å²) in [6.07, 6.45) is 1.08. The molecule has 1 unspecified atom stereocenters. The van der Waals surface area contributed by atoms with Gasteiger partial charge in [0.1, 0.15) is 11.5 Å². The summed E-state index contributed by atoms with van der Waals surface area (Å²) >= 11 is 1.46. The van der Waals surface area contributed by atoms with Crippen LogP contribution in [0.4, 0.5) is 5.13 Å². The van der Waals surface area contributed by atoms with Crippen molar-refractivity contribution in [3.8, 4) is 11.5 Å². The topological polar surface area (TPSA) is 102 Å². The average molecular weight is 380 g/mol. The molecule has 0 saturated carbocycles. The first-order valence-electron chi connectivity index (χ1n) is 6.94. The van der Waals surface area contributed by atoms with Crippen LogP contribution in [0.2, 0.25) is 0 Å². The lowest BCUT2D eigenvalue weighted by Gasteiger charge is -2.05. The van der Waals surface area contributed by atoms with Crippen molar-refractivity contribution in [3.63, 3.8) is 0 Å². The van der Waals surface area contributed by atoms with Crippen molar-refractivity contribution in [1.29, 1.82) is 0 Å². The highest BCUT2D eigenvalue weighted by atomic mass is 35.5. The Morgan fingerprint density at radius 1 is 1.43 bits per heavy atom. The Kier molecular flexibility index (Phi) is 9.90. The lowest BCUT2D eigenvalue weighted by atomic mass is 10.1. The van der Waals surface area contributed by atoms with Crippen LogP contribution in [0.1, 0.15) is 26.0 Å². The quantitative estimate of drug-likeness (QED) is 0.526. The molecule has 0 fully saturated rings. The first kappa shape index (κ1) is 21.7. The molecular formula is C14H23Cl2N5OS. The molecule has 6 nitrogen and oxygen atoms in total. The zero-order valence-corrected chi connectivity index (χ0v) is 15.6. The molecule has 0 aliphatic heterocycles. The highest BCUT2D eigenvalue weighted by Gasteiger charge is 2.09. The smallest absolute Gasteiger partial charge is 0.194 e. The number of furan rings is 1. The predicted molar refractivity (Wildman–Crippen MR) is 102 cm³/mol. The zero-order valence-electron chi connectivity index (χ0n) is 13.1. The Bertz CT molecular complexity index is 614. The number of hydrogen-bond acceptors (Lipinski definition) is 5. The van der Waals surface area contributed by atoms with Gasteiger partial charge in [0.15, 0.2) is 16.9 Å². The van der Waals surface area contributed by atoms with E-state index in [2.05, 4.69) is 29.1 Å². The van der Waals surface area contributed by atoms with Crippen molar-refractivity contribution in [2.24, 2.45) is 22.4 Å². The molecule has 0 amide bonds. The van der Waals surface area contributed by atoms with Crippen molar-refractivity contribution >= 4 is 47.2 Å². The monoisotopic (exact) mass is 379 g/mol. The second-order valence-corrected chi connectivity index (χ2v) is 5.73. The number of thiazole rings is 1. The van der Waals surface area contributed by atoms with Crippen LogP contribution in [0.25, 0.3) is 11.5 Å². The van der Waals surface area contributed by atoms with E-state index in [1.807, 2.05) is 17.5 Å². The maximum Gasteiger partial charge on any atom is 0.194 e. The fraction of sp³-hybridized carbons (Fsp3) is 0.429. The molecule has 23 heavy (non-hydrogen) atoms. The molecule has 0 saturated heterocycles.